The van der Waals surface area contributed by atoms with Crippen LogP contribution in [0.15, 0.2) is 0 Å². The van der Waals surface area contributed by atoms with Gasteiger partial charge in [0.05, 0.1) is 0 Å². The number of carbonyl (C=O) groups excluding carboxylic acids is 1. The molecule has 4 heteroatoms. The Morgan fingerprint density at radius 2 is 1.95 bits per heavy atom. The summed E-state index contributed by atoms with van der Waals surface area (Å²) in [5, 5.41) is 3.12. The molecule has 0 bridgehead atoms. The van der Waals surface area contributed by atoms with E-state index in [2.05, 4.69) is 24.2 Å². The van der Waals surface area contributed by atoms with Gasteiger partial charge in [-0.2, -0.15) is 0 Å². The molecule has 1 saturated heterocycles. The first-order chi connectivity index (χ1) is 10.7. The van der Waals surface area contributed by atoms with Gasteiger partial charge in [-0.1, -0.05) is 32.6 Å². The van der Waals surface area contributed by atoms with Crippen LogP contribution in [0.4, 0.5) is 4.79 Å². The Hall–Kier alpha value is -0.770. The number of nitrogens with one attached hydrogen (secondary N) is 1. The number of urea groups is 1. The third-order valence-electron chi connectivity index (χ3n) is 5.55. The fourth-order valence-corrected chi connectivity index (χ4v) is 3.92. The number of hydrogen-bond acceptors (Lipinski definition) is 2. The summed E-state index contributed by atoms with van der Waals surface area (Å²) < 4.78 is 0. The molecule has 2 fully saturated rings. The molecule has 0 radical (unpaired) electrons. The Bertz CT molecular complexity index is 328. The van der Waals surface area contributed by atoms with Gasteiger partial charge < -0.3 is 15.1 Å². The van der Waals surface area contributed by atoms with Crippen molar-refractivity contribution in [3.8, 4) is 0 Å². The van der Waals surface area contributed by atoms with Gasteiger partial charge in [0.25, 0.3) is 0 Å². The van der Waals surface area contributed by atoms with E-state index >= 15 is 0 Å². The Morgan fingerprint density at radius 3 is 2.68 bits per heavy atom. The molecule has 0 aromatic heterocycles. The van der Waals surface area contributed by atoms with E-state index in [-0.39, 0.29) is 6.03 Å². The van der Waals surface area contributed by atoms with Gasteiger partial charge in [-0.15, -0.1) is 0 Å². The Morgan fingerprint density at radius 1 is 1.18 bits per heavy atom. The molecule has 1 aliphatic carbocycles. The van der Waals surface area contributed by atoms with Crippen molar-refractivity contribution < 1.29 is 4.79 Å². The third-order valence-corrected chi connectivity index (χ3v) is 5.55. The van der Waals surface area contributed by atoms with E-state index in [1.54, 1.807) is 0 Å². The zero-order valence-corrected chi connectivity index (χ0v) is 14.6. The second-order valence-electron chi connectivity index (χ2n) is 7.22. The Kier molecular flexibility index (Phi) is 7.50. The van der Waals surface area contributed by atoms with Crippen LogP contribution >= 0.6 is 0 Å². The molecule has 1 heterocycles. The fraction of sp³-hybridized carbons (Fsp3) is 0.944. The molecule has 1 saturated carbocycles. The molecule has 2 amide bonds. The first kappa shape index (κ1) is 17.6. The van der Waals surface area contributed by atoms with Crippen molar-refractivity contribution in [3.63, 3.8) is 0 Å². The molecule has 0 aromatic rings. The summed E-state index contributed by atoms with van der Waals surface area (Å²) >= 11 is 0. The maximum Gasteiger partial charge on any atom is 0.317 e. The first-order valence-corrected chi connectivity index (χ1v) is 9.43. The number of carbonyl (C=O) groups is 1. The van der Waals surface area contributed by atoms with Crippen LogP contribution < -0.4 is 5.32 Å². The minimum Gasteiger partial charge on any atom is -0.338 e. The molecule has 128 valence electrons. The van der Waals surface area contributed by atoms with Crippen molar-refractivity contribution in [1.82, 2.24) is 15.1 Å². The van der Waals surface area contributed by atoms with Crippen LogP contribution in [0, 0.1) is 5.92 Å². The van der Waals surface area contributed by atoms with Crippen molar-refractivity contribution >= 4 is 6.03 Å². The molecule has 2 aliphatic rings. The average molecular weight is 309 g/mol. The zero-order chi connectivity index (χ0) is 15.8. The molecular weight excluding hydrogens is 274 g/mol. The van der Waals surface area contributed by atoms with Gasteiger partial charge in [-0.25, -0.2) is 4.79 Å². The number of likely N-dealkylation sites (tertiary alicyclic amines) is 1. The van der Waals surface area contributed by atoms with Gasteiger partial charge in [-0.05, 0) is 51.6 Å². The molecule has 0 spiro atoms. The molecule has 2 rings (SSSR count). The standard InChI is InChI=1S/C18H35N3O/c1-3-16-9-7-14-21(15-16)18(22)19-12-8-13-20(2)17-10-5-4-6-11-17/h16-17H,3-15H2,1-2H3,(H,19,22). The predicted molar refractivity (Wildman–Crippen MR) is 92.1 cm³/mol. The first-order valence-electron chi connectivity index (χ1n) is 9.43. The zero-order valence-electron chi connectivity index (χ0n) is 14.6. The van der Waals surface area contributed by atoms with Crippen molar-refractivity contribution in [2.75, 3.05) is 33.2 Å². The molecule has 0 aromatic carbocycles. The van der Waals surface area contributed by atoms with E-state index in [4.69, 9.17) is 0 Å². The van der Waals surface area contributed by atoms with Gasteiger partial charge in [0.2, 0.25) is 0 Å². The topological polar surface area (TPSA) is 35.6 Å². The minimum atomic E-state index is 0.151. The Labute approximate surface area is 136 Å². The highest BCUT2D eigenvalue weighted by Gasteiger charge is 2.22. The number of hydrogen-bond donors (Lipinski definition) is 1. The Balaban J connectivity index is 1.58. The van der Waals surface area contributed by atoms with Crippen LogP contribution in [0.3, 0.4) is 0 Å². The van der Waals surface area contributed by atoms with Crippen molar-refractivity contribution in [3.05, 3.63) is 0 Å². The number of piperidine rings is 1. The summed E-state index contributed by atoms with van der Waals surface area (Å²) in [7, 11) is 2.24. The molecule has 4 nitrogen and oxygen atoms in total. The summed E-state index contributed by atoms with van der Waals surface area (Å²) in [6, 6.07) is 0.926. The second-order valence-corrected chi connectivity index (χ2v) is 7.22. The summed E-state index contributed by atoms with van der Waals surface area (Å²) in [5.74, 6) is 0.705. The van der Waals surface area contributed by atoms with Gasteiger partial charge in [-0.3, -0.25) is 0 Å². The highest BCUT2D eigenvalue weighted by molar-refractivity contribution is 5.74. The monoisotopic (exact) mass is 309 g/mol. The highest BCUT2D eigenvalue weighted by Crippen LogP contribution is 2.21. The van der Waals surface area contributed by atoms with Crippen molar-refractivity contribution in [2.24, 2.45) is 5.92 Å². The van der Waals surface area contributed by atoms with E-state index in [1.165, 1.54) is 44.9 Å². The van der Waals surface area contributed by atoms with Crippen LogP contribution in [0.25, 0.3) is 0 Å². The third kappa shape index (κ3) is 5.45. The normalized spacial score (nSPS) is 23.8. The van der Waals surface area contributed by atoms with Gasteiger partial charge >= 0.3 is 6.03 Å². The predicted octanol–water partition coefficient (Wildman–Crippen LogP) is 3.47. The van der Waals surface area contributed by atoms with E-state index in [0.29, 0.717) is 5.92 Å². The maximum absolute atomic E-state index is 12.2. The van der Waals surface area contributed by atoms with E-state index in [0.717, 1.165) is 45.1 Å². The summed E-state index contributed by atoms with van der Waals surface area (Å²) in [5.41, 5.74) is 0. The summed E-state index contributed by atoms with van der Waals surface area (Å²) in [4.78, 5) is 16.7. The quantitative estimate of drug-likeness (QED) is 0.763. The minimum absolute atomic E-state index is 0.151. The number of amides is 2. The second kappa shape index (κ2) is 9.39. The van der Waals surface area contributed by atoms with E-state index < -0.39 is 0 Å². The maximum atomic E-state index is 12.2. The summed E-state index contributed by atoms with van der Waals surface area (Å²) in [6.07, 6.45) is 11.6. The SMILES string of the molecule is CCC1CCCN(C(=O)NCCCN(C)C2CCCCC2)C1. The summed E-state index contributed by atoms with van der Waals surface area (Å²) in [6.45, 7) is 6.02. The van der Waals surface area contributed by atoms with E-state index in [1.807, 2.05) is 4.90 Å². The largest absolute Gasteiger partial charge is 0.338 e. The van der Waals surface area contributed by atoms with Crippen LogP contribution in [0.1, 0.15) is 64.7 Å². The molecule has 1 aliphatic heterocycles. The molecule has 22 heavy (non-hydrogen) atoms. The van der Waals surface area contributed by atoms with Gasteiger partial charge in [0.15, 0.2) is 0 Å². The molecular formula is C18H35N3O. The smallest absolute Gasteiger partial charge is 0.317 e. The van der Waals surface area contributed by atoms with Gasteiger partial charge in [0, 0.05) is 25.7 Å². The van der Waals surface area contributed by atoms with Crippen LogP contribution in [0.5, 0.6) is 0 Å². The van der Waals surface area contributed by atoms with Gasteiger partial charge in [0.1, 0.15) is 0 Å². The van der Waals surface area contributed by atoms with E-state index in [9.17, 15) is 4.79 Å². The number of nitrogens with zero attached hydrogens (tertiary/aromatic N) is 2. The number of rotatable bonds is 6. The highest BCUT2D eigenvalue weighted by atomic mass is 16.2. The lowest BCUT2D eigenvalue weighted by atomic mass is 9.94. The van der Waals surface area contributed by atoms with Crippen molar-refractivity contribution in [1.29, 1.82) is 0 Å². The lowest BCUT2D eigenvalue weighted by Crippen LogP contribution is -2.46. The van der Waals surface area contributed by atoms with Crippen LogP contribution in [-0.2, 0) is 0 Å². The molecule has 1 atom stereocenters. The molecule has 1 unspecified atom stereocenters. The fourth-order valence-electron chi connectivity index (χ4n) is 3.92. The molecule has 1 N–H and O–H groups in total. The average Bonchev–Trinajstić information content (AvgIpc) is 2.59. The van der Waals surface area contributed by atoms with Crippen LogP contribution in [0.2, 0.25) is 0 Å². The van der Waals surface area contributed by atoms with Crippen molar-refractivity contribution in [2.45, 2.75) is 70.8 Å². The lowest BCUT2D eigenvalue weighted by molar-refractivity contribution is 0.162. The lowest BCUT2D eigenvalue weighted by Gasteiger charge is -2.33. The van der Waals surface area contributed by atoms with Crippen LogP contribution in [-0.4, -0.2) is 55.1 Å².